The molecular weight excluding hydrogens is 244 g/mol. The lowest BCUT2D eigenvalue weighted by atomic mass is 10.1. The van der Waals surface area contributed by atoms with Gasteiger partial charge in [0.15, 0.2) is 0 Å². The summed E-state index contributed by atoms with van der Waals surface area (Å²) in [6.45, 7) is 12.7. The maximum absolute atomic E-state index is 4.01. The number of rotatable bonds is 2. The summed E-state index contributed by atoms with van der Waals surface area (Å²) in [6, 6.07) is 8.16. The summed E-state index contributed by atoms with van der Waals surface area (Å²) in [6.07, 6.45) is 7.36. The SMILES string of the molecule is CC.CC(C)c1cccnc1.CC(C)c1ccncc1. The molecule has 0 aliphatic rings. The highest BCUT2D eigenvalue weighted by atomic mass is 14.6. The fraction of sp³-hybridized carbons (Fsp3) is 0.444. The predicted octanol–water partition coefficient (Wildman–Crippen LogP) is 5.44. The van der Waals surface area contributed by atoms with E-state index in [9.17, 15) is 0 Å². The van der Waals surface area contributed by atoms with Crippen LogP contribution in [0.3, 0.4) is 0 Å². The lowest BCUT2D eigenvalue weighted by Crippen LogP contribution is -1.85. The van der Waals surface area contributed by atoms with E-state index in [2.05, 4.69) is 43.7 Å². The number of aromatic nitrogens is 2. The van der Waals surface area contributed by atoms with E-state index in [0.29, 0.717) is 11.8 Å². The Morgan fingerprint density at radius 2 is 1.25 bits per heavy atom. The van der Waals surface area contributed by atoms with Crippen LogP contribution in [0.25, 0.3) is 0 Å². The molecule has 0 fully saturated rings. The van der Waals surface area contributed by atoms with Gasteiger partial charge in [-0.05, 0) is 41.2 Å². The van der Waals surface area contributed by atoms with E-state index in [1.165, 1.54) is 11.1 Å². The Morgan fingerprint density at radius 3 is 1.55 bits per heavy atom. The average molecular weight is 272 g/mol. The highest BCUT2D eigenvalue weighted by Gasteiger charge is 1.94. The van der Waals surface area contributed by atoms with Crippen LogP contribution in [0.15, 0.2) is 49.1 Å². The van der Waals surface area contributed by atoms with E-state index >= 15 is 0 Å². The van der Waals surface area contributed by atoms with Gasteiger partial charge in [0.25, 0.3) is 0 Å². The lowest BCUT2D eigenvalue weighted by molar-refractivity contribution is 0.858. The summed E-state index contributed by atoms with van der Waals surface area (Å²) < 4.78 is 0. The predicted molar refractivity (Wildman–Crippen MR) is 88.0 cm³/mol. The fourth-order valence-electron chi connectivity index (χ4n) is 1.47. The first-order valence-corrected chi connectivity index (χ1v) is 7.41. The van der Waals surface area contributed by atoms with Crippen LogP contribution in [0.1, 0.15) is 64.5 Å². The lowest BCUT2D eigenvalue weighted by Gasteiger charge is -2.01. The molecule has 0 amide bonds. The number of hydrogen-bond donors (Lipinski definition) is 0. The molecule has 0 bridgehead atoms. The number of pyridine rings is 2. The van der Waals surface area contributed by atoms with Crippen LogP contribution in [-0.2, 0) is 0 Å². The van der Waals surface area contributed by atoms with Crippen LogP contribution in [-0.4, -0.2) is 9.97 Å². The van der Waals surface area contributed by atoms with Gasteiger partial charge in [-0.15, -0.1) is 0 Å². The minimum atomic E-state index is 0.596. The second-order valence-electron chi connectivity index (χ2n) is 4.88. The van der Waals surface area contributed by atoms with Crippen molar-refractivity contribution in [2.24, 2.45) is 0 Å². The molecule has 2 nitrogen and oxygen atoms in total. The van der Waals surface area contributed by atoms with E-state index in [1.807, 2.05) is 50.6 Å². The van der Waals surface area contributed by atoms with Crippen LogP contribution in [0.2, 0.25) is 0 Å². The summed E-state index contributed by atoms with van der Waals surface area (Å²) in [5.74, 6) is 1.21. The molecular formula is C18H28N2. The molecule has 2 aromatic rings. The maximum atomic E-state index is 4.01. The summed E-state index contributed by atoms with van der Waals surface area (Å²) in [5.41, 5.74) is 2.66. The van der Waals surface area contributed by atoms with Gasteiger partial charge < -0.3 is 0 Å². The van der Waals surface area contributed by atoms with Gasteiger partial charge in [-0.2, -0.15) is 0 Å². The Kier molecular flexibility index (Phi) is 10.2. The molecule has 0 N–H and O–H groups in total. The van der Waals surface area contributed by atoms with Gasteiger partial charge in [-0.3, -0.25) is 9.97 Å². The van der Waals surface area contributed by atoms with Crippen LogP contribution in [0.4, 0.5) is 0 Å². The maximum Gasteiger partial charge on any atom is 0.0302 e. The highest BCUT2D eigenvalue weighted by molar-refractivity contribution is 5.13. The first-order valence-electron chi connectivity index (χ1n) is 7.41. The second-order valence-corrected chi connectivity index (χ2v) is 4.88. The third-order valence-corrected chi connectivity index (χ3v) is 2.72. The zero-order valence-corrected chi connectivity index (χ0v) is 13.7. The molecule has 0 atom stereocenters. The Morgan fingerprint density at radius 1 is 0.700 bits per heavy atom. The Hall–Kier alpha value is -1.70. The molecule has 2 heterocycles. The summed E-state index contributed by atoms with van der Waals surface area (Å²) >= 11 is 0. The molecule has 0 spiro atoms. The molecule has 20 heavy (non-hydrogen) atoms. The molecule has 2 aromatic heterocycles. The molecule has 0 saturated heterocycles. The van der Waals surface area contributed by atoms with Gasteiger partial charge in [-0.1, -0.05) is 47.6 Å². The monoisotopic (exact) mass is 272 g/mol. The zero-order chi connectivity index (χ0) is 15.4. The van der Waals surface area contributed by atoms with E-state index in [0.717, 1.165) is 0 Å². The molecule has 0 aliphatic carbocycles. The molecule has 0 aliphatic heterocycles. The minimum Gasteiger partial charge on any atom is -0.265 e. The van der Waals surface area contributed by atoms with E-state index < -0.39 is 0 Å². The minimum absolute atomic E-state index is 0.596. The molecule has 110 valence electrons. The molecule has 0 saturated carbocycles. The van der Waals surface area contributed by atoms with Gasteiger partial charge in [0.1, 0.15) is 0 Å². The van der Waals surface area contributed by atoms with Gasteiger partial charge in [0.2, 0.25) is 0 Å². The molecule has 0 unspecified atom stereocenters. The van der Waals surface area contributed by atoms with Crippen LogP contribution in [0.5, 0.6) is 0 Å². The van der Waals surface area contributed by atoms with Crippen molar-refractivity contribution in [2.45, 2.75) is 53.4 Å². The molecule has 2 rings (SSSR count). The van der Waals surface area contributed by atoms with Crippen molar-refractivity contribution in [1.82, 2.24) is 9.97 Å². The third-order valence-electron chi connectivity index (χ3n) is 2.72. The summed E-state index contributed by atoms with van der Waals surface area (Å²) in [5, 5.41) is 0. The van der Waals surface area contributed by atoms with Crippen LogP contribution < -0.4 is 0 Å². The average Bonchev–Trinajstić information content (AvgIpc) is 2.51. The van der Waals surface area contributed by atoms with Gasteiger partial charge >= 0.3 is 0 Å². The standard InChI is InChI=1S/2C8H11N.C2H6/c1-7(2)8-3-5-9-6-4-8;1-7(2)8-4-3-5-9-6-8;1-2/h2*3-7H,1-2H3;1-2H3. The zero-order valence-electron chi connectivity index (χ0n) is 13.7. The van der Waals surface area contributed by atoms with Crippen molar-refractivity contribution in [3.63, 3.8) is 0 Å². The number of nitrogens with zero attached hydrogens (tertiary/aromatic N) is 2. The van der Waals surface area contributed by atoms with Gasteiger partial charge in [-0.25, -0.2) is 0 Å². The first-order chi connectivity index (χ1) is 9.61. The Balaban J connectivity index is 0.000000321. The van der Waals surface area contributed by atoms with Crippen molar-refractivity contribution in [1.29, 1.82) is 0 Å². The third kappa shape index (κ3) is 7.67. The van der Waals surface area contributed by atoms with Crippen molar-refractivity contribution >= 4 is 0 Å². The fourth-order valence-corrected chi connectivity index (χ4v) is 1.47. The summed E-state index contributed by atoms with van der Waals surface area (Å²) in [7, 11) is 0. The molecule has 0 aromatic carbocycles. The normalized spacial score (nSPS) is 9.40. The first kappa shape index (κ1) is 18.3. The van der Waals surface area contributed by atoms with Crippen molar-refractivity contribution in [3.05, 3.63) is 60.2 Å². The van der Waals surface area contributed by atoms with Crippen molar-refractivity contribution in [2.75, 3.05) is 0 Å². The smallest absolute Gasteiger partial charge is 0.0302 e. The summed E-state index contributed by atoms with van der Waals surface area (Å²) in [4.78, 5) is 7.93. The quantitative estimate of drug-likeness (QED) is 0.728. The topological polar surface area (TPSA) is 25.8 Å². The molecule has 2 heteroatoms. The Bertz CT molecular complexity index is 378. The van der Waals surface area contributed by atoms with E-state index in [-0.39, 0.29) is 0 Å². The van der Waals surface area contributed by atoms with Gasteiger partial charge in [0, 0.05) is 24.8 Å². The van der Waals surface area contributed by atoms with Crippen LogP contribution in [0, 0.1) is 0 Å². The second kappa shape index (κ2) is 11.2. The van der Waals surface area contributed by atoms with Crippen molar-refractivity contribution in [3.8, 4) is 0 Å². The highest BCUT2D eigenvalue weighted by Crippen LogP contribution is 2.11. The number of hydrogen-bond acceptors (Lipinski definition) is 2. The van der Waals surface area contributed by atoms with E-state index in [4.69, 9.17) is 0 Å². The Labute approximate surface area is 124 Å². The largest absolute Gasteiger partial charge is 0.265 e. The van der Waals surface area contributed by atoms with Gasteiger partial charge in [0.05, 0.1) is 0 Å². The van der Waals surface area contributed by atoms with Crippen LogP contribution >= 0.6 is 0 Å². The molecule has 0 radical (unpaired) electrons. The van der Waals surface area contributed by atoms with E-state index in [1.54, 1.807) is 6.20 Å². The van der Waals surface area contributed by atoms with Crippen molar-refractivity contribution < 1.29 is 0 Å².